The predicted octanol–water partition coefficient (Wildman–Crippen LogP) is 4.74. The number of rotatable bonds is 5. The number of aromatic nitrogens is 2. The summed E-state index contributed by atoms with van der Waals surface area (Å²) in [7, 11) is 0. The predicted molar refractivity (Wildman–Crippen MR) is 124 cm³/mol. The van der Waals surface area contributed by atoms with Crippen molar-refractivity contribution in [2.75, 3.05) is 4.90 Å². The number of nitrogens with zero attached hydrogens (tertiary/aromatic N) is 3. The number of carbonyl (C=O) groups is 2. The van der Waals surface area contributed by atoms with E-state index in [9.17, 15) is 24.8 Å². The van der Waals surface area contributed by atoms with Gasteiger partial charge in [0.15, 0.2) is 0 Å². The number of nitro benzene ring substituents is 1. The molecule has 5 rings (SSSR count). The van der Waals surface area contributed by atoms with Crippen LogP contribution in [0.5, 0.6) is 0 Å². The molecule has 1 amide bonds. The Morgan fingerprint density at radius 3 is 2.26 bits per heavy atom. The first-order valence-electron chi connectivity index (χ1n) is 10.4. The first-order valence-corrected chi connectivity index (χ1v) is 10.4. The molecule has 0 spiro atoms. The van der Waals surface area contributed by atoms with Gasteiger partial charge in [0, 0.05) is 28.9 Å². The fourth-order valence-electron chi connectivity index (χ4n) is 4.20. The molecular formula is C25H18N4O5. The topological polar surface area (TPSA) is 129 Å². The summed E-state index contributed by atoms with van der Waals surface area (Å²) in [4.78, 5) is 37.0. The highest BCUT2D eigenvalue weighted by atomic mass is 16.6. The SMILES string of the molecule is Cc1ccc(-c2n[nH]c3c2[C@@H](c2ccc([N+](=O)[O-])cc2)N(c2ccc(C(=O)O)cc2)C3=O)cc1. The van der Waals surface area contributed by atoms with Gasteiger partial charge in [0.2, 0.25) is 0 Å². The number of carboxylic acid groups (broad SMARTS) is 1. The van der Waals surface area contributed by atoms with Gasteiger partial charge < -0.3 is 5.11 Å². The molecular weight excluding hydrogens is 436 g/mol. The molecule has 2 N–H and O–H groups in total. The van der Waals surface area contributed by atoms with Crippen molar-refractivity contribution in [2.24, 2.45) is 0 Å². The van der Waals surface area contributed by atoms with Crippen molar-refractivity contribution < 1.29 is 19.6 Å². The number of hydrogen-bond acceptors (Lipinski definition) is 5. The van der Waals surface area contributed by atoms with Gasteiger partial charge in [-0.3, -0.25) is 24.9 Å². The van der Waals surface area contributed by atoms with Crippen molar-refractivity contribution >= 4 is 23.3 Å². The van der Waals surface area contributed by atoms with Crippen molar-refractivity contribution in [2.45, 2.75) is 13.0 Å². The molecule has 1 aliphatic rings. The molecule has 0 saturated heterocycles. The van der Waals surface area contributed by atoms with Gasteiger partial charge in [0.1, 0.15) is 5.69 Å². The molecule has 168 valence electrons. The summed E-state index contributed by atoms with van der Waals surface area (Å²) in [6, 6.07) is 19.2. The molecule has 0 aliphatic carbocycles. The van der Waals surface area contributed by atoms with Crippen LogP contribution in [0.25, 0.3) is 11.3 Å². The number of carboxylic acids is 1. The van der Waals surface area contributed by atoms with Gasteiger partial charge in [-0.1, -0.05) is 29.8 Å². The van der Waals surface area contributed by atoms with Crippen molar-refractivity contribution in [3.05, 3.63) is 111 Å². The maximum absolute atomic E-state index is 13.5. The van der Waals surface area contributed by atoms with Crippen LogP contribution in [-0.4, -0.2) is 32.1 Å². The minimum Gasteiger partial charge on any atom is -0.478 e. The second-order valence-electron chi connectivity index (χ2n) is 8.01. The third-order valence-corrected chi connectivity index (χ3v) is 5.91. The van der Waals surface area contributed by atoms with Gasteiger partial charge in [0.25, 0.3) is 11.6 Å². The minimum absolute atomic E-state index is 0.0587. The molecule has 4 aromatic rings. The number of benzene rings is 3. The molecule has 2 heterocycles. The molecule has 1 aliphatic heterocycles. The fourth-order valence-corrected chi connectivity index (χ4v) is 4.20. The molecule has 9 heteroatoms. The van der Waals surface area contributed by atoms with Crippen LogP contribution in [0.1, 0.15) is 43.6 Å². The largest absolute Gasteiger partial charge is 0.478 e. The van der Waals surface area contributed by atoms with Crippen LogP contribution in [0.3, 0.4) is 0 Å². The Morgan fingerprint density at radius 1 is 1.03 bits per heavy atom. The van der Waals surface area contributed by atoms with Crippen LogP contribution in [0.2, 0.25) is 0 Å². The van der Waals surface area contributed by atoms with Crippen LogP contribution in [-0.2, 0) is 0 Å². The van der Waals surface area contributed by atoms with E-state index in [-0.39, 0.29) is 17.2 Å². The van der Waals surface area contributed by atoms with Crippen molar-refractivity contribution in [1.29, 1.82) is 0 Å². The number of nitrogens with one attached hydrogen (secondary N) is 1. The molecule has 0 radical (unpaired) electrons. The lowest BCUT2D eigenvalue weighted by atomic mass is 9.95. The van der Waals surface area contributed by atoms with E-state index in [2.05, 4.69) is 10.2 Å². The Morgan fingerprint density at radius 2 is 1.68 bits per heavy atom. The minimum atomic E-state index is -1.07. The van der Waals surface area contributed by atoms with E-state index in [1.54, 1.807) is 29.2 Å². The Kier molecular flexibility index (Phi) is 4.94. The molecule has 1 atom stereocenters. The smallest absolute Gasteiger partial charge is 0.335 e. The van der Waals surface area contributed by atoms with E-state index in [1.165, 1.54) is 24.3 Å². The van der Waals surface area contributed by atoms with Crippen molar-refractivity contribution in [3.8, 4) is 11.3 Å². The summed E-state index contributed by atoms with van der Waals surface area (Å²) in [5, 5.41) is 27.7. The zero-order valence-corrected chi connectivity index (χ0v) is 17.9. The number of nitro groups is 1. The highest BCUT2D eigenvalue weighted by Gasteiger charge is 2.43. The lowest BCUT2D eigenvalue weighted by Crippen LogP contribution is -2.29. The summed E-state index contributed by atoms with van der Waals surface area (Å²) in [6.07, 6.45) is 0. The Labute approximate surface area is 193 Å². The summed E-state index contributed by atoms with van der Waals surface area (Å²) < 4.78 is 0. The molecule has 3 aromatic carbocycles. The maximum atomic E-state index is 13.5. The standard InChI is InChI=1S/C25H18N4O5/c1-14-2-4-15(5-3-14)21-20-22(27-26-21)24(30)28(18-10-8-17(9-11-18)25(31)32)23(20)16-6-12-19(13-7-16)29(33)34/h2-13,23H,1H3,(H,26,27)(H,31,32)/t23-/m1/s1. The summed E-state index contributed by atoms with van der Waals surface area (Å²) in [5.74, 6) is -1.39. The second-order valence-corrected chi connectivity index (χ2v) is 8.01. The van der Waals surface area contributed by atoms with E-state index in [0.717, 1.165) is 11.1 Å². The zero-order chi connectivity index (χ0) is 24.0. The number of aromatic carboxylic acids is 1. The first kappa shape index (κ1) is 21.1. The second kappa shape index (κ2) is 7.96. The average Bonchev–Trinajstić information content (AvgIpc) is 3.38. The number of amides is 1. The molecule has 9 nitrogen and oxygen atoms in total. The van der Waals surface area contributed by atoms with Crippen LogP contribution in [0.15, 0.2) is 72.8 Å². The lowest BCUT2D eigenvalue weighted by Gasteiger charge is -2.26. The number of hydrogen-bond donors (Lipinski definition) is 2. The average molecular weight is 454 g/mol. The third kappa shape index (κ3) is 3.39. The van der Waals surface area contributed by atoms with Crippen LogP contribution in [0.4, 0.5) is 11.4 Å². The normalized spacial score (nSPS) is 14.8. The number of carbonyl (C=O) groups excluding carboxylic acids is 1. The monoisotopic (exact) mass is 454 g/mol. The first-order chi connectivity index (χ1) is 16.3. The van der Waals surface area contributed by atoms with Crippen LogP contribution >= 0.6 is 0 Å². The highest BCUT2D eigenvalue weighted by molar-refractivity contribution is 6.11. The van der Waals surface area contributed by atoms with Gasteiger partial charge in [-0.05, 0) is 48.9 Å². The van der Waals surface area contributed by atoms with Gasteiger partial charge in [0.05, 0.1) is 22.2 Å². The maximum Gasteiger partial charge on any atom is 0.335 e. The Balaban J connectivity index is 1.68. The molecule has 34 heavy (non-hydrogen) atoms. The highest BCUT2D eigenvalue weighted by Crippen LogP contribution is 2.45. The number of aromatic amines is 1. The van der Waals surface area contributed by atoms with Gasteiger partial charge in [-0.15, -0.1) is 0 Å². The van der Waals surface area contributed by atoms with Gasteiger partial charge in [-0.2, -0.15) is 5.10 Å². The van der Waals surface area contributed by atoms with Crippen molar-refractivity contribution in [1.82, 2.24) is 10.2 Å². The number of anilines is 1. The van der Waals surface area contributed by atoms with Gasteiger partial charge in [-0.25, -0.2) is 4.79 Å². The van der Waals surface area contributed by atoms with E-state index in [1.807, 2.05) is 31.2 Å². The molecule has 0 unspecified atom stereocenters. The third-order valence-electron chi connectivity index (χ3n) is 5.91. The number of non-ortho nitro benzene ring substituents is 1. The Bertz CT molecular complexity index is 1420. The Hall–Kier alpha value is -4.79. The molecule has 1 aromatic heterocycles. The molecule has 0 bridgehead atoms. The summed E-state index contributed by atoms with van der Waals surface area (Å²) in [6.45, 7) is 1.98. The lowest BCUT2D eigenvalue weighted by molar-refractivity contribution is -0.384. The number of fused-ring (bicyclic) bond motifs is 1. The van der Waals surface area contributed by atoms with E-state index in [0.29, 0.717) is 28.2 Å². The summed E-state index contributed by atoms with van der Waals surface area (Å²) >= 11 is 0. The van der Waals surface area contributed by atoms with Crippen LogP contribution in [0, 0.1) is 17.0 Å². The quantitative estimate of drug-likeness (QED) is 0.331. The molecule has 0 saturated carbocycles. The van der Waals surface area contributed by atoms with E-state index < -0.39 is 16.9 Å². The van der Waals surface area contributed by atoms with E-state index in [4.69, 9.17) is 0 Å². The van der Waals surface area contributed by atoms with Gasteiger partial charge >= 0.3 is 5.97 Å². The summed E-state index contributed by atoms with van der Waals surface area (Å²) in [5.41, 5.74) is 4.69. The zero-order valence-electron chi connectivity index (χ0n) is 17.9. The van der Waals surface area contributed by atoms with E-state index >= 15 is 0 Å². The number of H-pyrrole nitrogens is 1. The van der Waals surface area contributed by atoms with Crippen LogP contribution < -0.4 is 4.90 Å². The fraction of sp³-hybridized carbons (Fsp3) is 0.0800. The number of aryl methyl sites for hydroxylation is 1. The molecule has 0 fully saturated rings. The van der Waals surface area contributed by atoms with Crippen molar-refractivity contribution in [3.63, 3.8) is 0 Å².